The van der Waals surface area contributed by atoms with Crippen molar-refractivity contribution in [2.45, 2.75) is 12.8 Å². The third kappa shape index (κ3) is 4.26. The van der Waals surface area contributed by atoms with Gasteiger partial charge in [-0.3, -0.25) is 9.59 Å². The summed E-state index contributed by atoms with van der Waals surface area (Å²) in [6, 6.07) is 0. The molecule has 2 fully saturated rings. The highest BCUT2D eigenvalue weighted by atomic mass is 16.3. The Balaban J connectivity index is 0.000000280. The van der Waals surface area contributed by atoms with Crippen LogP contribution in [0, 0.1) is 11.3 Å². The van der Waals surface area contributed by atoms with E-state index in [1.807, 2.05) is 0 Å². The lowest BCUT2D eigenvalue weighted by atomic mass is 10.0. The van der Waals surface area contributed by atoms with Crippen LogP contribution in [0.1, 0.15) is 12.8 Å². The SMILES string of the molecule is NCC1CC12CCNC2.O=CO.O=CO. The summed E-state index contributed by atoms with van der Waals surface area (Å²) in [5, 5.41) is 17.2. The first-order valence-corrected chi connectivity index (χ1v) is 4.77. The van der Waals surface area contributed by atoms with Gasteiger partial charge in [-0.25, -0.2) is 0 Å². The predicted molar refractivity (Wildman–Crippen MR) is 54.5 cm³/mol. The van der Waals surface area contributed by atoms with Crippen LogP contribution in [-0.4, -0.2) is 42.8 Å². The first-order chi connectivity index (χ1) is 7.20. The minimum atomic E-state index is -0.250. The molecule has 0 aromatic heterocycles. The number of rotatable bonds is 1. The van der Waals surface area contributed by atoms with E-state index >= 15 is 0 Å². The zero-order valence-corrected chi connectivity index (χ0v) is 8.56. The Morgan fingerprint density at radius 3 is 2.20 bits per heavy atom. The van der Waals surface area contributed by atoms with Crippen molar-refractivity contribution >= 4 is 12.9 Å². The van der Waals surface area contributed by atoms with Gasteiger partial charge in [0.15, 0.2) is 0 Å². The molecule has 0 amide bonds. The fourth-order valence-electron chi connectivity index (χ4n) is 2.05. The van der Waals surface area contributed by atoms with E-state index in [1.54, 1.807) is 0 Å². The van der Waals surface area contributed by atoms with Gasteiger partial charge in [-0.05, 0) is 37.3 Å². The van der Waals surface area contributed by atoms with E-state index in [0.29, 0.717) is 5.41 Å². The topological polar surface area (TPSA) is 113 Å². The second-order valence-corrected chi connectivity index (χ2v) is 3.64. The Bertz CT molecular complexity index is 187. The van der Waals surface area contributed by atoms with Gasteiger partial charge in [-0.2, -0.15) is 0 Å². The van der Waals surface area contributed by atoms with Gasteiger partial charge in [-0.1, -0.05) is 0 Å². The van der Waals surface area contributed by atoms with Crippen molar-refractivity contribution in [3.63, 3.8) is 0 Å². The molecule has 15 heavy (non-hydrogen) atoms. The Morgan fingerprint density at radius 1 is 1.40 bits per heavy atom. The molecule has 0 aromatic rings. The molecule has 5 N–H and O–H groups in total. The average molecular weight is 218 g/mol. The third-order valence-corrected chi connectivity index (χ3v) is 2.92. The van der Waals surface area contributed by atoms with Gasteiger partial charge in [0.1, 0.15) is 0 Å². The normalized spacial score (nSPS) is 30.6. The van der Waals surface area contributed by atoms with Gasteiger partial charge in [-0.15, -0.1) is 0 Å². The Hall–Kier alpha value is -1.14. The maximum atomic E-state index is 8.36. The average Bonchev–Trinajstić information content (AvgIpc) is 2.65. The van der Waals surface area contributed by atoms with E-state index in [2.05, 4.69) is 5.32 Å². The number of carbonyl (C=O) groups is 2. The fraction of sp³-hybridized carbons (Fsp3) is 0.778. The highest BCUT2D eigenvalue weighted by molar-refractivity contribution is 5.33. The smallest absolute Gasteiger partial charge is 0.290 e. The van der Waals surface area contributed by atoms with Crippen LogP contribution in [0.25, 0.3) is 0 Å². The predicted octanol–water partition coefficient (Wildman–Crippen LogP) is -0.654. The van der Waals surface area contributed by atoms with Crippen molar-refractivity contribution < 1.29 is 19.8 Å². The van der Waals surface area contributed by atoms with Crippen molar-refractivity contribution in [3.05, 3.63) is 0 Å². The fourth-order valence-corrected chi connectivity index (χ4v) is 2.05. The second-order valence-electron chi connectivity index (χ2n) is 3.64. The maximum absolute atomic E-state index is 8.36. The number of carboxylic acid groups (broad SMARTS) is 2. The number of hydrogen-bond donors (Lipinski definition) is 4. The van der Waals surface area contributed by atoms with Crippen LogP contribution in [0.4, 0.5) is 0 Å². The first kappa shape index (κ1) is 13.9. The summed E-state index contributed by atoms with van der Waals surface area (Å²) >= 11 is 0. The summed E-state index contributed by atoms with van der Waals surface area (Å²) in [6.45, 7) is 2.85. The highest BCUT2D eigenvalue weighted by Crippen LogP contribution is 2.55. The van der Waals surface area contributed by atoms with Crippen LogP contribution in [0.5, 0.6) is 0 Å². The monoisotopic (exact) mass is 218 g/mol. The Kier molecular flexibility index (Phi) is 6.64. The van der Waals surface area contributed by atoms with Crippen molar-refractivity contribution in [2.24, 2.45) is 17.1 Å². The molecule has 1 saturated heterocycles. The summed E-state index contributed by atoms with van der Waals surface area (Å²) in [6.07, 6.45) is 2.76. The number of nitrogens with two attached hydrogens (primary N) is 1. The molecule has 1 heterocycles. The highest BCUT2D eigenvalue weighted by Gasteiger charge is 2.53. The maximum Gasteiger partial charge on any atom is 0.290 e. The third-order valence-electron chi connectivity index (χ3n) is 2.92. The molecular weight excluding hydrogens is 200 g/mol. The molecule has 2 atom stereocenters. The molecule has 2 unspecified atom stereocenters. The minimum absolute atomic E-state index is 0.250. The molecule has 0 bridgehead atoms. The minimum Gasteiger partial charge on any atom is -0.483 e. The molecule has 0 aromatic carbocycles. The number of hydrogen-bond acceptors (Lipinski definition) is 4. The van der Waals surface area contributed by atoms with Crippen LogP contribution in [-0.2, 0) is 9.59 Å². The second kappa shape index (κ2) is 7.19. The summed E-state index contributed by atoms with van der Waals surface area (Å²) in [5.41, 5.74) is 6.24. The van der Waals surface area contributed by atoms with Crippen molar-refractivity contribution in [1.82, 2.24) is 5.32 Å². The summed E-state index contributed by atoms with van der Waals surface area (Å²) in [7, 11) is 0. The lowest BCUT2D eigenvalue weighted by Gasteiger charge is -2.03. The molecule has 1 aliphatic carbocycles. The molecular formula is C9H18N2O4. The molecule has 1 spiro atoms. The zero-order valence-electron chi connectivity index (χ0n) is 8.56. The Morgan fingerprint density at radius 2 is 1.93 bits per heavy atom. The van der Waals surface area contributed by atoms with Crippen LogP contribution in [0.3, 0.4) is 0 Å². The van der Waals surface area contributed by atoms with Crippen molar-refractivity contribution in [3.8, 4) is 0 Å². The van der Waals surface area contributed by atoms with Crippen LogP contribution in [0.15, 0.2) is 0 Å². The van der Waals surface area contributed by atoms with E-state index in [9.17, 15) is 0 Å². The number of nitrogens with one attached hydrogen (secondary N) is 1. The summed E-state index contributed by atoms with van der Waals surface area (Å²) in [5.74, 6) is 0.854. The van der Waals surface area contributed by atoms with E-state index in [4.69, 9.17) is 25.5 Å². The molecule has 2 aliphatic rings. The molecule has 1 saturated carbocycles. The molecule has 2 rings (SSSR count). The molecule has 88 valence electrons. The van der Waals surface area contributed by atoms with Gasteiger partial charge in [0.2, 0.25) is 0 Å². The van der Waals surface area contributed by atoms with E-state index in [1.165, 1.54) is 25.9 Å². The van der Waals surface area contributed by atoms with Gasteiger partial charge in [0.25, 0.3) is 12.9 Å². The van der Waals surface area contributed by atoms with E-state index < -0.39 is 0 Å². The standard InChI is InChI=1S/C7H14N2.2CH2O2/c8-4-6-3-7(6)1-2-9-5-7;2*2-1-3/h6,9H,1-5,8H2;2*1H,(H,2,3). The molecule has 6 heteroatoms. The van der Waals surface area contributed by atoms with Crippen molar-refractivity contribution in [2.75, 3.05) is 19.6 Å². The van der Waals surface area contributed by atoms with E-state index in [-0.39, 0.29) is 12.9 Å². The van der Waals surface area contributed by atoms with Gasteiger partial charge in [0.05, 0.1) is 0 Å². The van der Waals surface area contributed by atoms with Crippen LogP contribution < -0.4 is 11.1 Å². The van der Waals surface area contributed by atoms with Gasteiger partial charge in [0, 0.05) is 6.54 Å². The zero-order chi connectivity index (χ0) is 11.7. The largest absolute Gasteiger partial charge is 0.483 e. The summed E-state index contributed by atoms with van der Waals surface area (Å²) in [4.78, 5) is 16.7. The lowest BCUT2D eigenvalue weighted by molar-refractivity contribution is -0.123. The summed E-state index contributed by atoms with van der Waals surface area (Å²) < 4.78 is 0. The molecule has 6 nitrogen and oxygen atoms in total. The van der Waals surface area contributed by atoms with Gasteiger partial charge >= 0.3 is 0 Å². The Labute approximate surface area is 88.5 Å². The quantitative estimate of drug-likeness (QED) is 0.435. The molecule has 0 radical (unpaired) electrons. The lowest BCUT2D eigenvalue weighted by Crippen LogP contribution is -2.14. The molecule has 1 aliphatic heterocycles. The van der Waals surface area contributed by atoms with E-state index in [0.717, 1.165) is 12.5 Å². The van der Waals surface area contributed by atoms with Crippen molar-refractivity contribution in [1.29, 1.82) is 0 Å². The first-order valence-electron chi connectivity index (χ1n) is 4.77. The van der Waals surface area contributed by atoms with Crippen LogP contribution >= 0.6 is 0 Å². The van der Waals surface area contributed by atoms with Crippen LogP contribution in [0.2, 0.25) is 0 Å². The van der Waals surface area contributed by atoms with Gasteiger partial charge < -0.3 is 21.3 Å².